The fourth-order valence-electron chi connectivity index (χ4n) is 2.29. The standard InChI is InChI=1S/C11H17N3O5/c1-6-8(17)11(4-15,5-16)19-9(6)14-3-2-7(12)13-10(14)18/h2-3,6,8-9,15-17H,4-5H2,1H3,(H2,12,13,18)/t6-,8+,9-/m1/s1. The lowest BCUT2D eigenvalue weighted by Crippen LogP contribution is -2.47. The van der Waals surface area contributed by atoms with Gasteiger partial charge in [-0.3, -0.25) is 4.57 Å². The average molecular weight is 271 g/mol. The lowest BCUT2D eigenvalue weighted by molar-refractivity contribution is -0.150. The Morgan fingerprint density at radius 3 is 2.63 bits per heavy atom. The minimum Gasteiger partial charge on any atom is -0.393 e. The molecule has 19 heavy (non-hydrogen) atoms. The Labute approximate surface area is 109 Å². The number of rotatable bonds is 3. The number of hydrogen-bond acceptors (Lipinski definition) is 7. The van der Waals surface area contributed by atoms with Crippen LogP contribution in [-0.2, 0) is 4.74 Å². The number of anilines is 1. The minimum atomic E-state index is -1.48. The van der Waals surface area contributed by atoms with Crippen molar-refractivity contribution in [2.24, 2.45) is 5.92 Å². The van der Waals surface area contributed by atoms with Gasteiger partial charge in [0.25, 0.3) is 0 Å². The summed E-state index contributed by atoms with van der Waals surface area (Å²) in [6, 6.07) is 1.43. The third-order valence-electron chi connectivity index (χ3n) is 3.50. The van der Waals surface area contributed by atoms with Gasteiger partial charge in [-0.2, -0.15) is 4.98 Å². The zero-order valence-electron chi connectivity index (χ0n) is 10.4. The van der Waals surface area contributed by atoms with Crippen LogP contribution >= 0.6 is 0 Å². The van der Waals surface area contributed by atoms with Crippen LogP contribution < -0.4 is 11.4 Å². The van der Waals surface area contributed by atoms with Gasteiger partial charge >= 0.3 is 5.69 Å². The molecule has 0 bridgehead atoms. The van der Waals surface area contributed by atoms with Crippen molar-refractivity contribution >= 4 is 5.82 Å². The van der Waals surface area contributed by atoms with E-state index >= 15 is 0 Å². The van der Waals surface area contributed by atoms with Crippen LogP contribution in [0, 0.1) is 5.92 Å². The molecule has 1 fully saturated rings. The van der Waals surface area contributed by atoms with E-state index in [2.05, 4.69) is 4.98 Å². The second-order valence-electron chi connectivity index (χ2n) is 4.74. The van der Waals surface area contributed by atoms with E-state index in [1.165, 1.54) is 16.8 Å². The molecule has 2 rings (SSSR count). The normalized spacial score (nSPS) is 29.6. The van der Waals surface area contributed by atoms with Crippen LogP contribution in [0.15, 0.2) is 17.1 Å². The van der Waals surface area contributed by atoms with Crippen LogP contribution in [0.3, 0.4) is 0 Å². The molecule has 1 aliphatic heterocycles. The Morgan fingerprint density at radius 2 is 2.16 bits per heavy atom. The molecule has 0 radical (unpaired) electrons. The van der Waals surface area contributed by atoms with E-state index in [1.807, 2.05) is 0 Å². The maximum atomic E-state index is 11.8. The smallest absolute Gasteiger partial charge is 0.351 e. The number of nitrogen functional groups attached to an aromatic ring is 1. The van der Waals surface area contributed by atoms with E-state index in [0.717, 1.165) is 0 Å². The predicted molar refractivity (Wildman–Crippen MR) is 65.1 cm³/mol. The number of nitrogens with two attached hydrogens (primary N) is 1. The van der Waals surface area contributed by atoms with Crippen molar-refractivity contribution < 1.29 is 20.1 Å². The summed E-state index contributed by atoms with van der Waals surface area (Å²) in [6.07, 6.45) is -0.518. The second-order valence-corrected chi connectivity index (χ2v) is 4.74. The zero-order valence-corrected chi connectivity index (χ0v) is 10.4. The molecule has 1 saturated heterocycles. The summed E-state index contributed by atoms with van der Waals surface area (Å²) in [5.74, 6) is -0.412. The fraction of sp³-hybridized carbons (Fsp3) is 0.636. The Kier molecular flexibility index (Phi) is 3.59. The molecule has 1 aliphatic rings. The average Bonchev–Trinajstić information content (AvgIpc) is 2.64. The Bertz CT molecular complexity index is 513. The molecule has 1 aromatic rings. The second kappa shape index (κ2) is 4.89. The van der Waals surface area contributed by atoms with Crippen molar-refractivity contribution in [2.75, 3.05) is 18.9 Å². The molecule has 8 nitrogen and oxygen atoms in total. The first kappa shape index (κ1) is 13.9. The van der Waals surface area contributed by atoms with Crippen LogP contribution in [0.5, 0.6) is 0 Å². The molecule has 106 valence electrons. The number of aromatic nitrogens is 2. The van der Waals surface area contributed by atoms with Crippen LogP contribution in [0.4, 0.5) is 5.82 Å². The molecular weight excluding hydrogens is 254 g/mol. The number of aliphatic hydroxyl groups is 3. The largest absolute Gasteiger partial charge is 0.393 e. The van der Waals surface area contributed by atoms with Gasteiger partial charge in [-0.25, -0.2) is 4.79 Å². The molecule has 2 heterocycles. The summed E-state index contributed by atoms with van der Waals surface area (Å²) in [5.41, 5.74) is 3.30. The van der Waals surface area contributed by atoms with Gasteiger partial charge in [0, 0.05) is 12.1 Å². The quantitative estimate of drug-likeness (QED) is 0.503. The van der Waals surface area contributed by atoms with Crippen molar-refractivity contribution in [1.82, 2.24) is 9.55 Å². The highest BCUT2D eigenvalue weighted by Gasteiger charge is 2.53. The Hall–Kier alpha value is -1.48. The van der Waals surface area contributed by atoms with Crippen molar-refractivity contribution in [3.05, 3.63) is 22.7 Å². The van der Waals surface area contributed by atoms with Gasteiger partial charge in [0.15, 0.2) is 0 Å². The monoisotopic (exact) mass is 271 g/mol. The first-order valence-electron chi connectivity index (χ1n) is 5.87. The molecule has 3 atom stereocenters. The molecule has 0 spiro atoms. The van der Waals surface area contributed by atoms with Gasteiger partial charge in [-0.1, -0.05) is 6.92 Å². The summed E-state index contributed by atoms with van der Waals surface area (Å²) in [5, 5.41) is 28.7. The molecule has 0 aliphatic carbocycles. The van der Waals surface area contributed by atoms with Crippen LogP contribution in [0.1, 0.15) is 13.2 Å². The SMILES string of the molecule is C[C@H]1[C@H](n2ccc(N)nc2=O)OC(CO)(CO)[C@H]1O. The topological polar surface area (TPSA) is 131 Å². The molecule has 8 heteroatoms. The van der Waals surface area contributed by atoms with Gasteiger partial charge < -0.3 is 25.8 Å². The van der Waals surface area contributed by atoms with Gasteiger partial charge in [-0.05, 0) is 6.07 Å². The lowest BCUT2D eigenvalue weighted by Gasteiger charge is -2.27. The first-order chi connectivity index (χ1) is 8.95. The molecule has 0 unspecified atom stereocenters. The maximum Gasteiger partial charge on any atom is 0.351 e. The highest BCUT2D eigenvalue weighted by molar-refractivity contribution is 5.23. The summed E-state index contributed by atoms with van der Waals surface area (Å²) in [7, 11) is 0. The summed E-state index contributed by atoms with van der Waals surface area (Å²) in [6.45, 7) is 0.552. The van der Waals surface area contributed by atoms with Crippen LogP contribution in [0.25, 0.3) is 0 Å². The third kappa shape index (κ3) is 2.12. The first-order valence-corrected chi connectivity index (χ1v) is 5.87. The van der Waals surface area contributed by atoms with E-state index < -0.39 is 42.8 Å². The van der Waals surface area contributed by atoms with Crippen LogP contribution in [-0.4, -0.2) is 49.8 Å². The Balaban J connectivity index is 2.39. The van der Waals surface area contributed by atoms with E-state index in [4.69, 9.17) is 10.5 Å². The summed E-state index contributed by atoms with van der Waals surface area (Å²) in [4.78, 5) is 15.3. The van der Waals surface area contributed by atoms with Crippen LogP contribution in [0.2, 0.25) is 0 Å². The van der Waals surface area contributed by atoms with Gasteiger partial charge in [0.05, 0.1) is 19.3 Å². The van der Waals surface area contributed by atoms with E-state index in [1.54, 1.807) is 6.92 Å². The number of ether oxygens (including phenoxy) is 1. The Morgan fingerprint density at radius 1 is 1.53 bits per heavy atom. The van der Waals surface area contributed by atoms with Crippen molar-refractivity contribution in [3.63, 3.8) is 0 Å². The number of aliphatic hydroxyl groups excluding tert-OH is 3. The molecular formula is C11H17N3O5. The van der Waals surface area contributed by atoms with Crippen molar-refractivity contribution in [3.8, 4) is 0 Å². The van der Waals surface area contributed by atoms with E-state index in [0.29, 0.717) is 0 Å². The summed E-state index contributed by atoms with van der Waals surface area (Å²) >= 11 is 0. The molecule has 0 aromatic carbocycles. The molecule has 5 N–H and O–H groups in total. The van der Waals surface area contributed by atoms with Gasteiger partial charge in [0.1, 0.15) is 17.6 Å². The molecule has 1 aromatic heterocycles. The fourth-order valence-corrected chi connectivity index (χ4v) is 2.29. The number of nitrogens with zero attached hydrogens (tertiary/aromatic N) is 2. The van der Waals surface area contributed by atoms with Crippen molar-refractivity contribution in [2.45, 2.75) is 24.9 Å². The van der Waals surface area contributed by atoms with Gasteiger partial charge in [-0.15, -0.1) is 0 Å². The number of hydrogen-bond donors (Lipinski definition) is 4. The van der Waals surface area contributed by atoms with Crippen molar-refractivity contribution in [1.29, 1.82) is 0 Å². The van der Waals surface area contributed by atoms with E-state index in [9.17, 15) is 20.1 Å². The molecule has 0 amide bonds. The third-order valence-corrected chi connectivity index (χ3v) is 3.50. The minimum absolute atomic E-state index is 0.0861. The zero-order chi connectivity index (χ0) is 14.2. The highest BCUT2D eigenvalue weighted by Crippen LogP contribution is 2.40. The van der Waals surface area contributed by atoms with E-state index in [-0.39, 0.29) is 5.82 Å². The maximum absolute atomic E-state index is 11.8. The molecule has 0 saturated carbocycles. The lowest BCUT2D eigenvalue weighted by atomic mass is 9.92. The predicted octanol–water partition coefficient (Wildman–Crippen LogP) is -1.93. The van der Waals surface area contributed by atoms with Gasteiger partial charge in [0.2, 0.25) is 0 Å². The highest BCUT2D eigenvalue weighted by atomic mass is 16.6. The summed E-state index contributed by atoms with van der Waals surface area (Å²) < 4.78 is 6.69.